The molecule has 20 heavy (non-hydrogen) atoms. The van der Waals surface area contributed by atoms with E-state index in [4.69, 9.17) is 18.6 Å². The second kappa shape index (κ2) is 5.73. The van der Waals surface area contributed by atoms with Gasteiger partial charge in [0.25, 0.3) is 0 Å². The summed E-state index contributed by atoms with van der Waals surface area (Å²) >= 11 is 0. The molecule has 0 amide bonds. The van der Waals surface area contributed by atoms with Crippen LogP contribution in [0.3, 0.4) is 0 Å². The van der Waals surface area contributed by atoms with E-state index in [1.165, 1.54) is 0 Å². The molecule has 5 nitrogen and oxygen atoms in total. The summed E-state index contributed by atoms with van der Waals surface area (Å²) in [5.74, 6) is 2.28. The summed E-state index contributed by atoms with van der Waals surface area (Å²) in [5.41, 5.74) is 0.745. The van der Waals surface area contributed by atoms with E-state index in [-0.39, 0.29) is 0 Å². The molecular formula is C15H19NO4. The van der Waals surface area contributed by atoms with Gasteiger partial charge in [-0.05, 0) is 18.2 Å². The smallest absolute Gasteiger partial charge is 0.204 e. The van der Waals surface area contributed by atoms with E-state index in [0.29, 0.717) is 11.5 Å². The Morgan fingerprint density at radius 1 is 1.15 bits per heavy atom. The molecule has 108 valence electrons. The number of fused-ring (bicyclic) bond motifs is 1. The van der Waals surface area contributed by atoms with Crippen LogP contribution < -0.4 is 9.47 Å². The Hall–Kier alpha value is -1.72. The highest BCUT2D eigenvalue weighted by molar-refractivity contribution is 5.86. The molecule has 3 rings (SSSR count). The number of morpholine rings is 1. The molecule has 2 heterocycles. The minimum absolute atomic E-state index is 0.651. The lowest BCUT2D eigenvalue weighted by Gasteiger charge is -2.25. The van der Waals surface area contributed by atoms with Crippen LogP contribution in [0.2, 0.25) is 0 Å². The van der Waals surface area contributed by atoms with Crippen LogP contribution in [0.1, 0.15) is 5.76 Å². The first-order chi connectivity index (χ1) is 9.81. The van der Waals surface area contributed by atoms with Gasteiger partial charge in [0.15, 0.2) is 11.3 Å². The molecule has 0 atom stereocenters. The quantitative estimate of drug-likeness (QED) is 0.858. The average Bonchev–Trinajstić information content (AvgIpc) is 2.89. The van der Waals surface area contributed by atoms with E-state index in [1.54, 1.807) is 14.2 Å². The molecule has 1 saturated heterocycles. The number of hydrogen-bond donors (Lipinski definition) is 0. The van der Waals surface area contributed by atoms with Gasteiger partial charge >= 0.3 is 0 Å². The number of hydrogen-bond acceptors (Lipinski definition) is 5. The van der Waals surface area contributed by atoms with Crippen LogP contribution in [0.5, 0.6) is 11.5 Å². The normalized spacial score (nSPS) is 16.5. The van der Waals surface area contributed by atoms with Gasteiger partial charge in [0, 0.05) is 18.5 Å². The van der Waals surface area contributed by atoms with Crippen molar-refractivity contribution in [2.45, 2.75) is 6.54 Å². The summed E-state index contributed by atoms with van der Waals surface area (Å²) < 4.78 is 22.0. The minimum Gasteiger partial charge on any atom is -0.493 e. The van der Waals surface area contributed by atoms with Crippen molar-refractivity contribution in [1.82, 2.24) is 4.90 Å². The number of nitrogens with zero attached hydrogens (tertiary/aromatic N) is 1. The lowest BCUT2D eigenvalue weighted by molar-refractivity contribution is 0.0315. The van der Waals surface area contributed by atoms with Crippen molar-refractivity contribution in [3.63, 3.8) is 0 Å². The van der Waals surface area contributed by atoms with Gasteiger partial charge in [0.2, 0.25) is 5.75 Å². The van der Waals surface area contributed by atoms with Crippen molar-refractivity contribution in [3.05, 3.63) is 24.0 Å². The van der Waals surface area contributed by atoms with E-state index < -0.39 is 0 Å². The van der Waals surface area contributed by atoms with E-state index in [0.717, 1.165) is 49.6 Å². The molecule has 1 aromatic carbocycles. The fraction of sp³-hybridized carbons (Fsp3) is 0.467. The first-order valence-electron chi connectivity index (χ1n) is 6.75. The third kappa shape index (κ3) is 2.46. The van der Waals surface area contributed by atoms with Gasteiger partial charge in [-0.1, -0.05) is 0 Å². The van der Waals surface area contributed by atoms with E-state index in [1.807, 2.05) is 12.1 Å². The van der Waals surface area contributed by atoms with Gasteiger partial charge in [-0.2, -0.15) is 0 Å². The van der Waals surface area contributed by atoms with Crippen molar-refractivity contribution in [1.29, 1.82) is 0 Å². The second-order valence-electron chi connectivity index (χ2n) is 4.82. The molecule has 0 aliphatic carbocycles. The van der Waals surface area contributed by atoms with E-state index >= 15 is 0 Å². The van der Waals surface area contributed by atoms with Crippen LogP contribution in [0.15, 0.2) is 22.6 Å². The third-order valence-corrected chi connectivity index (χ3v) is 3.56. The number of ether oxygens (including phenoxy) is 3. The largest absolute Gasteiger partial charge is 0.493 e. The first-order valence-corrected chi connectivity index (χ1v) is 6.75. The van der Waals surface area contributed by atoms with Crippen LogP contribution in [0.4, 0.5) is 0 Å². The molecule has 0 saturated carbocycles. The molecule has 1 fully saturated rings. The van der Waals surface area contributed by atoms with Crippen LogP contribution in [-0.2, 0) is 11.3 Å². The van der Waals surface area contributed by atoms with Gasteiger partial charge in [0.05, 0.1) is 34.0 Å². The molecule has 1 aromatic heterocycles. The van der Waals surface area contributed by atoms with E-state index in [9.17, 15) is 0 Å². The summed E-state index contributed by atoms with van der Waals surface area (Å²) in [4.78, 5) is 2.32. The van der Waals surface area contributed by atoms with Gasteiger partial charge in [-0.15, -0.1) is 0 Å². The summed E-state index contributed by atoms with van der Waals surface area (Å²) in [6.07, 6.45) is 0. The van der Waals surface area contributed by atoms with Gasteiger partial charge < -0.3 is 18.6 Å². The molecule has 2 aromatic rings. The fourth-order valence-corrected chi connectivity index (χ4v) is 2.52. The molecular weight excluding hydrogens is 258 g/mol. The number of furan rings is 1. The highest BCUT2D eigenvalue weighted by atomic mass is 16.5. The predicted molar refractivity (Wildman–Crippen MR) is 75.4 cm³/mol. The van der Waals surface area contributed by atoms with Gasteiger partial charge in [0.1, 0.15) is 5.76 Å². The molecule has 0 bridgehead atoms. The number of rotatable bonds is 4. The Balaban J connectivity index is 1.89. The van der Waals surface area contributed by atoms with Crippen LogP contribution in [0, 0.1) is 0 Å². The number of benzene rings is 1. The van der Waals surface area contributed by atoms with Gasteiger partial charge in [-0.3, -0.25) is 4.90 Å². The first kappa shape index (κ1) is 13.3. The van der Waals surface area contributed by atoms with Crippen molar-refractivity contribution >= 4 is 11.0 Å². The lowest BCUT2D eigenvalue weighted by atomic mass is 10.2. The van der Waals surface area contributed by atoms with Crippen LogP contribution in [-0.4, -0.2) is 45.4 Å². The van der Waals surface area contributed by atoms with Crippen molar-refractivity contribution in [2.24, 2.45) is 0 Å². The summed E-state index contributed by atoms with van der Waals surface area (Å²) in [7, 11) is 3.25. The monoisotopic (exact) mass is 277 g/mol. The zero-order chi connectivity index (χ0) is 13.9. The summed E-state index contributed by atoms with van der Waals surface area (Å²) in [5, 5.41) is 1.03. The van der Waals surface area contributed by atoms with Crippen molar-refractivity contribution in [2.75, 3.05) is 40.5 Å². The maximum absolute atomic E-state index is 5.95. The zero-order valence-corrected chi connectivity index (χ0v) is 11.8. The molecule has 0 unspecified atom stereocenters. The average molecular weight is 277 g/mol. The maximum Gasteiger partial charge on any atom is 0.204 e. The Morgan fingerprint density at radius 2 is 1.95 bits per heavy atom. The Bertz CT molecular complexity index is 587. The van der Waals surface area contributed by atoms with Crippen molar-refractivity contribution in [3.8, 4) is 11.5 Å². The highest BCUT2D eigenvalue weighted by Gasteiger charge is 2.17. The van der Waals surface area contributed by atoms with Gasteiger partial charge in [-0.25, -0.2) is 0 Å². The lowest BCUT2D eigenvalue weighted by Crippen LogP contribution is -2.35. The molecule has 5 heteroatoms. The zero-order valence-electron chi connectivity index (χ0n) is 11.8. The fourth-order valence-electron chi connectivity index (χ4n) is 2.52. The predicted octanol–water partition coefficient (Wildman–Crippen LogP) is 2.28. The van der Waals surface area contributed by atoms with Crippen LogP contribution in [0.25, 0.3) is 11.0 Å². The van der Waals surface area contributed by atoms with E-state index in [2.05, 4.69) is 11.0 Å². The SMILES string of the molecule is COc1ccc2cc(CN3CCOCC3)oc2c1OC. The molecule has 0 N–H and O–H groups in total. The highest BCUT2D eigenvalue weighted by Crippen LogP contribution is 2.37. The summed E-state index contributed by atoms with van der Waals surface area (Å²) in [6.45, 7) is 4.26. The van der Waals surface area contributed by atoms with Crippen LogP contribution >= 0.6 is 0 Å². The molecule has 1 aliphatic rings. The standard InChI is InChI=1S/C15H19NO4/c1-17-13-4-3-11-9-12(20-14(11)15(13)18-2)10-16-5-7-19-8-6-16/h3-4,9H,5-8,10H2,1-2H3. The minimum atomic E-state index is 0.651. The Morgan fingerprint density at radius 3 is 2.65 bits per heavy atom. The third-order valence-electron chi connectivity index (χ3n) is 3.56. The number of methoxy groups -OCH3 is 2. The molecule has 0 spiro atoms. The molecule has 0 radical (unpaired) electrons. The second-order valence-corrected chi connectivity index (χ2v) is 4.82. The topological polar surface area (TPSA) is 44.1 Å². The molecule has 1 aliphatic heterocycles. The van der Waals surface area contributed by atoms with Crippen molar-refractivity contribution < 1.29 is 18.6 Å². The Labute approximate surface area is 118 Å². The summed E-state index contributed by atoms with van der Waals surface area (Å²) in [6, 6.07) is 5.95. The maximum atomic E-state index is 5.95. The Kier molecular flexibility index (Phi) is 3.80.